The molecule has 0 bridgehead atoms. The summed E-state index contributed by atoms with van der Waals surface area (Å²) < 4.78 is 26.6. The SMILES string of the molecule is C[C@H](C(=O)O)N(C(=O)c1ccccc1)c1ccc(F)c(Cl)c1.C[C@H](C(=O)O)N(C(=O)c1ccccc1)c1ccc(F)c(Cl)c1. The molecule has 0 saturated carbocycles. The molecule has 0 unspecified atom stereocenters. The summed E-state index contributed by atoms with van der Waals surface area (Å²) in [5.74, 6) is -4.63. The number of halogens is 4. The monoisotopic (exact) mass is 642 g/mol. The Balaban J connectivity index is 0.000000240. The van der Waals surface area contributed by atoms with Crippen LogP contribution in [-0.4, -0.2) is 46.0 Å². The van der Waals surface area contributed by atoms with Gasteiger partial charge in [-0.2, -0.15) is 0 Å². The largest absolute Gasteiger partial charge is 0.480 e. The molecule has 2 amide bonds. The minimum absolute atomic E-state index is 0.180. The van der Waals surface area contributed by atoms with E-state index in [4.69, 9.17) is 23.2 Å². The van der Waals surface area contributed by atoms with Crippen molar-refractivity contribution in [1.29, 1.82) is 0 Å². The van der Waals surface area contributed by atoms with Gasteiger partial charge in [0.1, 0.15) is 23.7 Å². The lowest BCUT2D eigenvalue weighted by atomic mass is 10.1. The van der Waals surface area contributed by atoms with Crippen LogP contribution < -0.4 is 9.80 Å². The zero-order chi connectivity index (χ0) is 32.6. The van der Waals surface area contributed by atoms with Crippen LogP contribution in [0, 0.1) is 11.6 Å². The first kappa shape index (κ1) is 33.7. The summed E-state index contributed by atoms with van der Waals surface area (Å²) in [7, 11) is 0. The van der Waals surface area contributed by atoms with Gasteiger partial charge in [0, 0.05) is 22.5 Å². The summed E-state index contributed by atoms with van der Waals surface area (Å²) in [6.45, 7) is 2.75. The van der Waals surface area contributed by atoms with E-state index in [0.29, 0.717) is 11.1 Å². The average Bonchev–Trinajstić information content (AvgIpc) is 3.01. The lowest BCUT2D eigenvalue weighted by molar-refractivity contribution is -0.139. The number of anilines is 2. The fourth-order valence-electron chi connectivity index (χ4n) is 3.96. The number of rotatable bonds is 8. The van der Waals surface area contributed by atoms with E-state index >= 15 is 0 Å². The summed E-state index contributed by atoms with van der Waals surface area (Å²) in [4.78, 5) is 50.0. The molecule has 12 heteroatoms. The van der Waals surface area contributed by atoms with Crippen molar-refractivity contribution in [2.75, 3.05) is 9.80 Å². The number of carbonyl (C=O) groups is 4. The van der Waals surface area contributed by atoms with Crippen LogP contribution >= 0.6 is 23.2 Å². The van der Waals surface area contributed by atoms with Crippen LogP contribution in [0.1, 0.15) is 34.6 Å². The van der Waals surface area contributed by atoms with Crippen LogP contribution in [0.3, 0.4) is 0 Å². The maximum absolute atomic E-state index is 13.3. The van der Waals surface area contributed by atoms with E-state index in [1.54, 1.807) is 60.7 Å². The molecule has 2 atom stereocenters. The molecule has 2 N–H and O–H groups in total. The predicted octanol–water partition coefficient (Wildman–Crippen LogP) is 7.20. The lowest BCUT2D eigenvalue weighted by Gasteiger charge is -2.27. The number of benzene rings is 4. The highest BCUT2D eigenvalue weighted by molar-refractivity contribution is 6.31. The Morgan fingerprint density at radius 3 is 1.18 bits per heavy atom. The Labute approximate surface area is 261 Å². The second-order valence-corrected chi connectivity index (χ2v) is 10.1. The van der Waals surface area contributed by atoms with Gasteiger partial charge in [-0.1, -0.05) is 59.6 Å². The zero-order valence-electron chi connectivity index (χ0n) is 23.3. The molecule has 0 spiro atoms. The number of hydrogen-bond acceptors (Lipinski definition) is 4. The van der Waals surface area contributed by atoms with Crippen LogP contribution in [0.25, 0.3) is 0 Å². The van der Waals surface area contributed by atoms with Gasteiger partial charge in [-0.25, -0.2) is 18.4 Å². The minimum atomic E-state index is -1.18. The average molecular weight is 643 g/mol. The Hall–Kier alpha value is -4.80. The van der Waals surface area contributed by atoms with Gasteiger partial charge in [-0.05, 0) is 74.5 Å². The normalized spacial score (nSPS) is 11.8. The molecule has 4 aromatic rings. The highest BCUT2D eigenvalue weighted by atomic mass is 35.5. The second-order valence-electron chi connectivity index (χ2n) is 9.31. The van der Waals surface area contributed by atoms with Crippen molar-refractivity contribution in [2.45, 2.75) is 25.9 Å². The Morgan fingerprint density at radius 2 is 0.909 bits per heavy atom. The first-order valence-corrected chi connectivity index (χ1v) is 13.7. The van der Waals surface area contributed by atoms with Crippen molar-refractivity contribution in [2.24, 2.45) is 0 Å². The van der Waals surface area contributed by atoms with Gasteiger partial charge >= 0.3 is 11.9 Å². The molecule has 0 fully saturated rings. The van der Waals surface area contributed by atoms with Crippen LogP contribution in [-0.2, 0) is 9.59 Å². The van der Waals surface area contributed by atoms with Crippen LogP contribution in [0.4, 0.5) is 20.2 Å². The van der Waals surface area contributed by atoms with Gasteiger partial charge in [0.15, 0.2) is 0 Å². The number of amides is 2. The van der Waals surface area contributed by atoms with E-state index < -0.39 is 47.5 Å². The maximum atomic E-state index is 13.3. The van der Waals surface area contributed by atoms with Crippen LogP contribution in [0.15, 0.2) is 97.1 Å². The molecular weight excluding hydrogens is 617 g/mol. The molecule has 0 aliphatic carbocycles. The lowest BCUT2D eigenvalue weighted by Crippen LogP contribution is -2.43. The molecule has 0 aliphatic heterocycles. The highest BCUT2D eigenvalue weighted by Crippen LogP contribution is 2.27. The first-order valence-electron chi connectivity index (χ1n) is 13.0. The van der Waals surface area contributed by atoms with Gasteiger partial charge in [0.2, 0.25) is 0 Å². The standard InChI is InChI=1S/2C16H13ClFNO3/c2*1-10(16(21)22)19(12-7-8-14(18)13(17)9-12)15(20)11-5-3-2-4-6-11/h2*2-10H,1H3,(H,21,22)/t2*10-/m11/s1. The fourth-order valence-corrected chi connectivity index (χ4v) is 4.31. The van der Waals surface area contributed by atoms with E-state index in [0.717, 1.165) is 21.9 Å². The van der Waals surface area contributed by atoms with E-state index in [1.807, 2.05) is 0 Å². The number of carboxylic acids is 2. The molecule has 4 aromatic carbocycles. The molecule has 8 nitrogen and oxygen atoms in total. The highest BCUT2D eigenvalue weighted by Gasteiger charge is 2.29. The quantitative estimate of drug-likeness (QED) is 0.210. The third-order valence-electron chi connectivity index (χ3n) is 6.33. The molecule has 0 heterocycles. The van der Waals surface area contributed by atoms with E-state index in [-0.39, 0.29) is 21.4 Å². The third-order valence-corrected chi connectivity index (χ3v) is 6.91. The smallest absolute Gasteiger partial charge is 0.326 e. The van der Waals surface area contributed by atoms with Crippen molar-refractivity contribution < 1.29 is 38.2 Å². The second kappa shape index (κ2) is 15.1. The third kappa shape index (κ3) is 8.18. The number of carboxylic acid groups (broad SMARTS) is 2. The minimum Gasteiger partial charge on any atom is -0.480 e. The molecule has 0 aliphatic rings. The van der Waals surface area contributed by atoms with Crippen LogP contribution in [0.2, 0.25) is 10.0 Å². The predicted molar refractivity (Wildman–Crippen MR) is 164 cm³/mol. The zero-order valence-corrected chi connectivity index (χ0v) is 24.8. The maximum Gasteiger partial charge on any atom is 0.326 e. The van der Waals surface area contributed by atoms with Crippen molar-refractivity contribution >= 4 is 58.3 Å². The van der Waals surface area contributed by atoms with Crippen molar-refractivity contribution in [3.05, 3.63) is 130 Å². The Kier molecular flexibility index (Phi) is 11.6. The summed E-state index contributed by atoms with van der Waals surface area (Å²) in [6, 6.07) is 21.5. The van der Waals surface area contributed by atoms with Gasteiger partial charge < -0.3 is 10.2 Å². The molecule has 0 radical (unpaired) electrons. The number of aliphatic carboxylic acids is 2. The van der Waals surface area contributed by atoms with E-state index in [2.05, 4.69) is 0 Å². The molecule has 228 valence electrons. The van der Waals surface area contributed by atoms with Gasteiger partial charge in [0.25, 0.3) is 11.8 Å². The van der Waals surface area contributed by atoms with Crippen molar-refractivity contribution in [3.63, 3.8) is 0 Å². The fraction of sp³-hybridized carbons (Fsp3) is 0.125. The number of hydrogen-bond donors (Lipinski definition) is 2. The number of carbonyl (C=O) groups excluding carboxylic acids is 2. The molecular formula is C32H26Cl2F2N2O6. The van der Waals surface area contributed by atoms with Gasteiger partial charge in [-0.15, -0.1) is 0 Å². The molecule has 0 aromatic heterocycles. The number of nitrogens with zero attached hydrogens (tertiary/aromatic N) is 2. The van der Waals surface area contributed by atoms with Crippen molar-refractivity contribution in [1.82, 2.24) is 0 Å². The molecule has 4 rings (SSSR count). The topological polar surface area (TPSA) is 115 Å². The summed E-state index contributed by atoms with van der Waals surface area (Å²) in [5.41, 5.74) is 1.09. The molecule has 0 saturated heterocycles. The van der Waals surface area contributed by atoms with E-state index in [1.165, 1.54) is 38.1 Å². The van der Waals surface area contributed by atoms with Crippen molar-refractivity contribution in [3.8, 4) is 0 Å². The summed E-state index contributed by atoms with van der Waals surface area (Å²) in [5, 5.41) is 18.1. The van der Waals surface area contributed by atoms with Gasteiger partial charge in [-0.3, -0.25) is 19.4 Å². The van der Waals surface area contributed by atoms with Crippen LogP contribution in [0.5, 0.6) is 0 Å². The van der Waals surface area contributed by atoms with E-state index in [9.17, 15) is 38.2 Å². The Morgan fingerprint density at radius 1 is 0.591 bits per heavy atom. The summed E-state index contributed by atoms with van der Waals surface area (Å²) >= 11 is 11.5. The van der Waals surface area contributed by atoms with Gasteiger partial charge in [0.05, 0.1) is 10.0 Å². The Bertz CT molecular complexity index is 1530. The first-order chi connectivity index (χ1) is 20.8. The summed E-state index contributed by atoms with van der Waals surface area (Å²) in [6.07, 6.45) is 0. The molecule has 44 heavy (non-hydrogen) atoms.